The van der Waals surface area contributed by atoms with E-state index >= 15 is 0 Å². The van der Waals surface area contributed by atoms with E-state index in [9.17, 15) is 0 Å². The van der Waals surface area contributed by atoms with E-state index in [1.807, 2.05) is 0 Å². The topological polar surface area (TPSA) is 12.0 Å². The molecule has 0 saturated heterocycles. The molecule has 1 heteroatoms. The first-order valence-electron chi connectivity index (χ1n) is 5.52. The van der Waals surface area contributed by atoms with Crippen LogP contribution in [0.3, 0.4) is 0 Å². The lowest BCUT2D eigenvalue weighted by Crippen LogP contribution is -2.57. The zero-order chi connectivity index (χ0) is 9.10. The van der Waals surface area contributed by atoms with Gasteiger partial charge in [0.1, 0.15) is 0 Å². The van der Waals surface area contributed by atoms with Crippen molar-refractivity contribution in [3.63, 3.8) is 0 Å². The molecule has 4 rings (SSSR count). The third-order valence-corrected chi connectivity index (χ3v) is 4.39. The van der Waals surface area contributed by atoms with Gasteiger partial charge in [0.2, 0.25) is 0 Å². The monoisotopic (exact) mass is 177 g/mol. The van der Waals surface area contributed by atoms with E-state index < -0.39 is 0 Å². The summed E-state index contributed by atoms with van der Waals surface area (Å²) in [6.07, 6.45) is 9.52. The number of allylic oxidation sites excluding steroid dienone is 1. The largest absolute Gasteiger partial charge is 0.314 e. The van der Waals surface area contributed by atoms with Gasteiger partial charge in [-0.3, -0.25) is 0 Å². The maximum atomic E-state index is 3.59. The van der Waals surface area contributed by atoms with E-state index in [-0.39, 0.29) is 0 Å². The van der Waals surface area contributed by atoms with Crippen molar-refractivity contribution in [1.82, 2.24) is 5.32 Å². The maximum Gasteiger partial charge on any atom is 0.0226 e. The van der Waals surface area contributed by atoms with Gasteiger partial charge >= 0.3 is 0 Å². The minimum Gasteiger partial charge on any atom is -0.314 e. The quantitative estimate of drug-likeness (QED) is 0.607. The highest BCUT2D eigenvalue weighted by Gasteiger charge is 2.51. The van der Waals surface area contributed by atoms with Gasteiger partial charge in [-0.2, -0.15) is 0 Å². The molecule has 1 N–H and O–H groups in total. The van der Waals surface area contributed by atoms with Gasteiger partial charge in [0.25, 0.3) is 0 Å². The Hall–Kier alpha value is -0.300. The average Bonchev–Trinajstić information content (AvgIpc) is 1.99. The summed E-state index contributed by atoms with van der Waals surface area (Å²) in [7, 11) is 2.15. The molecule has 0 amide bonds. The van der Waals surface area contributed by atoms with Gasteiger partial charge in [-0.15, -0.1) is 0 Å². The molecule has 2 fully saturated rings. The van der Waals surface area contributed by atoms with Gasteiger partial charge in [-0.1, -0.05) is 18.6 Å². The summed E-state index contributed by atoms with van der Waals surface area (Å²) in [5.41, 5.74) is 2.86. The molecule has 4 bridgehead atoms. The molecule has 3 unspecified atom stereocenters. The van der Waals surface area contributed by atoms with Crippen LogP contribution in [-0.4, -0.2) is 12.6 Å². The molecule has 3 atom stereocenters. The fraction of sp³-hybridized carbons (Fsp3) is 0.833. The molecule has 13 heavy (non-hydrogen) atoms. The van der Waals surface area contributed by atoms with Crippen molar-refractivity contribution in [3.8, 4) is 0 Å². The van der Waals surface area contributed by atoms with Crippen molar-refractivity contribution in [2.24, 2.45) is 11.3 Å². The first-order chi connectivity index (χ1) is 6.13. The van der Waals surface area contributed by atoms with Crippen LogP contribution in [0.15, 0.2) is 11.6 Å². The van der Waals surface area contributed by atoms with Gasteiger partial charge in [0.05, 0.1) is 0 Å². The molecular weight excluding hydrogens is 158 g/mol. The molecule has 4 aliphatic carbocycles. The Bertz CT molecular complexity index is 281. The van der Waals surface area contributed by atoms with E-state index in [4.69, 9.17) is 0 Å². The van der Waals surface area contributed by atoms with Crippen LogP contribution in [0.1, 0.15) is 39.0 Å². The van der Waals surface area contributed by atoms with Gasteiger partial charge in [-0.25, -0.2) is 0 Å². The molecule has 0 aromatic carbocycles. The zero-order valence-corrected chi connectivity index (χ0v) is 8.69. The van der Waals surface area contributed by atoms with E-state index in [1.54, 1.807) is 5.57 Å². The van der Waals surface area contributed by atoms with Crippen LogP contribution in [0.5, 0.6) is 0 Å². The van der Waals surface area contributed by atoms with E-state index in [2.05, 4.69) is 25.4 Å². The highest BCUT2D eigenvalue weighted by atomic mass is 15.0. The van der Waals surface area contributed by atoms with Gasteiger partial charge < -0.3 is 5.32 Å². The van der Waals surface area contributed by atoms with Crippen molar-refractivity contribution < 1.29 is 0 Å². The molecule has 2 saturated carbocycles. The molecule has 1 nitrogen and oxygen atoms in total. The van der Waals surface area contributed by atoms with E-state index in [0.29, 0.717) is 11.0 Å². The summed E-state index contributed by atoms with van der Waals surface area (Å²) < 4.78 is 0. The summed E-state index contributed by atoms with van der Waals surface area (Å²) in [6.45, 7) is 2.48. The summed E-state index contributed by atoms with van der Waals surface area (Å²) in [6, 6.07) is 0. The molecule has 72 valence electrons. The Morgan fingerprint density at radius 1 is 1.38 bits per heavy atom. The number of hydrogen-bond acceptors (Lipinski definition) is 1. The fourth-order valence-corrected chi connectivity index (χ4v) is 4.33. The maximum absolute atomic E-state index is 3.59. The van der Waals surface area contributed by atoms with Crippen LogP contribution >= 0.6 is 0 Å². The molecule has 0 aliphatic heterocycles. The van der Waals surface area contributed by atoms with Gasteiger partial charge in [0, 0.05) is 5.54 Å². The summed E-state index contributed by atoms with van der Waals surface area (Å²) in [5, 5.41) is 3.59. The minimum atomic E-state index is 0.486. The van der Waals surface area contributed by atoms with Crippen molar-refractivity contribution in [1.29, 1.82) is 0 Å². The average molecular weight is 177 g/mol. The second kappa shape index (κ2) is 2.20. The Balaban J connectivity index is 2.04. The summed E-state index contributed by atoms with van der Waals surface area (Å²) in [4.78, 5) is 0. The lowest BCUT2D eigenvalue weighted by molar-refractivity contribution is 0.0400. The first-order valence-corrected chi connectivity index (χ1v) is 5.52. The Morgan fingerprint density at radius 3 is 2.85 bits per heavy atom. The van der Waals surface area contributed by atoms with Crippen LogP contribution in [0.25, 0.3) is 0 Å². The predicted molar refractivity (Wildman–Crippen MR) is 54.6 cm³/mol. The highest BCUT2D eigenvalue weighted by molar-refractivity contribution is 5.27. The SMILES string of the molecule is CNC12CC3=CC(CC(C)(C3)C1)C2. The van der Waals surface area contributed by atoms with Crippen LogP contribution in [0.4, 0.5) is 0 Å². The summed E-state index contributed by atoms with van der Waals surface area (Å²) >= 11 is 0. The Kier molecular flexibility index (Phi) is 1.36. The van der Waals surface area contributed by atoms with E-state index in [1.165, 1.54) is 32.1 Å². The Labute approximate surface area is 80.6 Å². The zero-order valence-electron chi connectivity index (χ0n) is 8.69. The fourth-order valence-electron chi connectivity index (χ4n) is 4.33. The van der Waals surface area contributed by atoms with Gasteiger partial charge in [-0.05, 0) is 50.5 Å². The normalized spacial score (nSPS) is 52.5. The summed E-state index contributed by atoms with van der Waals surface area (Å²) in [5.74, 6) is 0.892. The second-order valence-electron chi connectivity index (χ2n) is 5.86. The molecule has 0 aromatic rings. The van der Waals surface area contributed by atoms with Crippen molar-refractivity contribution in [3.05, 3.63) is 11.6 Å². The number of nitrogens with one attached hydrogen (secondary N) is 1. The Morgan fingerprint density at radius 2 is 2.23 bits per heavy atom. The first kappa shape index (κ1) is 8.05. The number of hydrogen-bond donors (Lipinski definition) is 1. The molecule has 0 aromatic heterocycles. The third kappa shape index (κ3) is 1.03. The lowest BCUT2D eigenvalue weighted by Gasteiger charge is -2.57. The van der Waals surface area contributed by atoms with Crippen LogP contribution < -0.4 is 5.32 Å². The molecule has 0 heterocycles. The lowest BCUT2D eigenvalue weighted by atomic mass is 9.51. The molecular formula is C12H19N. The molecule has 0 radical (unpaired) electrons. The highest BCUT2D eigenvalue weighted by Crippen LogP contribution is 2.58. The standard InChI is InChI=1S/C12H19N/c1-11-4-9-3-10(5-11)7-12(6-9,8-11)13-2/h3,9,13H,4-8H2,1-2H3. The molecule has 0 spiro atoms. The van der Waals surface area contributed by atoms with Crippen LogP contribution in [-0.2, 0) is 0 Å². The molecule has 4 aliphatic rings. The van der Waals surface area contributed by atoms with Crippen molar-refractivity contribution >= 4 is 0 Å². The predicted octanol–water partition coefficient (Wildman–Crippen LogP) is 2.48. The third-order valence-electron chi connectivity index (χ3n) is 4.39. The van der Waals surface area contributed by atoms with Crippen molar-refractivity contribution in [2.75, 3.05) is 7.05 Å². The van der Waals surface area contributed by atoms with Crippen LogP contribution in [0.2, 0.25) is 0 Å². The van der Waals surface area contributed by atoms with Gasteiger partial charge in [0.15, 0.2) is 0 Å². The van der Waals surface area contributed by atoms with Crippen molar-refractivity contribution in [2.45, 2.75) is 44.6 Å². The second-order valence-corrected chi connectivity index (χ2v) is 5.86. The van der Waals surface area contributed by atoms with E-state index in [0.717, 1.165) is 5.92 Å². The van der Waals surface area contributed by atoms with Crippen LogP contribution in [0, 0.1) is 11.3 Å². The minimum absolute atomic E-state index is 0.486. The smallest absolute Gasteiger partial charge is 0.0226 e. The number of rotatable bonds is 1.